The lowest BCUT2D eigenvalue weighted by molar-refractivity contribution is -0.124. The van der Waals surface area contributed by atoms with Gasteiger partial charge in [-0.15, -0.1) is 0 Å². The van der Waals surface area contributed by atoms with Crippen LogP contribution < -0.4 is 5.32 Å². The van der Waals surface area contributed by atoms with Gasteiger partial charge >= 0.3 is 0 Å². The molecule has 0 aromatic rings. The van der Waals surface area contributed by atoms with Crippen LogP contribution in [0.1, 0.15) is 290 Å². The molecular weight excluding hydrogens is 703 g/mol. The number of nitrogens with one attached hydrogen (secondary N) is 1. The molecule has 0 fully saturated rings. The number of hydrogen-bond donors (Lipinski definition) is 4. The van der Waals surface area contributed by atoms with Crippen LogP contribution in [0.15, 0.2) is 12.2 Å². The number of aliphatic hydroxyl groups excluding tert-OH is 3. The maximum atomic E-state index is 12.5. The van der Waals surface area contributed by atoms with Crippen LogP contribution in [-0.2, 0) is 4.79 Å². The molecule has 340 valence electrons. The SMILES string of the molecule is CCCCCCCCCCCCCCC/C=C/CCCC(O)C(O)C(CO)NC(=O)CCCCCCCCCCCCCCCCCCCCCCCCCCC. The molecule has 0 bridgehead atoms. The Morgan fingerprint density at radius 2 is 0.702 bits per heavy atom. The second-order valence-corrected chi connectivity index (χ2v) is 18.1. The van der Waals surface area contributed by atoms with Gasteiger partial charge in [0, 0.05) is 6.42 Å². The molecule has 0 aromatic carbocycles. The molecule has 3 atom stereocenters. The second kappa shape index (κ2) is 47.8. The van der Waals surface area contributed by atoms with Crippen molar-refractivity contribution >= 4 is 5.91 Å². The van der Waals surface area contributed by atoms with Crippen LogP contribution in [0, 0.1) is 0 Å². The number of unbranched alkanes of at least 4 members (excludes halogenated alkanes) is 38. The molecule has 5 nitrogen and oxygen atoms in total. The van der Waals surface area contributed by atoms with Crippen LogP contribution in [0.3, 0.4) is 0 Å². The van der Waals surface area contributed by atoms with Crippen LogP contribution in [0.25, 0.3) is 0 Å². The Morgan fingerprint density at radius 1 is 0.421 bits per heavy atom. The van der Waals surface area contributed by atoms with Gasteiger partial charge < -0.3 is 20.6 Å². The molecule has 0 aliphatic carbocycles. The summed E-state index contributed by atoms with van der Waals surface area (Å²) in [7, 11) is 0. The van der Waals surface area contributed by atoms with E-state index in [4.69, 9.17) is 0 Å². The zero-order valence-electron chi connectivity index (χ0n) is 38.7. The number of aliphatic hydroxyl groups is 3. The minimum absolute atomic E-state index is 0.148. The zero-order valence-corrected chi connectivity index (χ0v) is 38.7. The molecule has 0 aliphatic rings. The summed E-state index contributed by atoms with van der Waals surface area (Å²) in [5.41, 5.74) is 0. The summed E-state index contributed by atoms with van der Waals surface area (Å²) < 4.78 is 0. The molecule has 3 unspecified atom stereocenters. The van der Waals surface area contributed by atoms with Crippen molar-refractivity contribution in [3.63, 3.8) is 0 Å². The first-order valence-corrected chi connectivity index (χ1v) is 26.0. The highest BCUT2D eigenvalue weighted by atomic mass is 16.3. The highest BCUT2D eigenvalue weighted by Crippen LogP contribution is 2.17. The lowest BCUT2D eigenvalue weighted by Crippen LogP contribution is -2.50. The Morgan fingerprint density at radius 3 is 1.02 bits per heavy atom. The summed E-state index contributed by atoms with van der Waals surface area (Å²) in [6.07, 6.45) is 57.8. The van der Waals surface area contributed by atoms with Crippen molar-refractivity contribution < 1.29 is 20.1 Å². The predicted octanol–water partition coefficient (Wildman–Crippen LogP) is 15.6. The van der Waals surface area contributed by atoms with E-state index in [0.29, 0.717) is 12.8 Å². The van der Waals surface area contributed by atoms with E-state index in [9.17, 15) is 20.1 Å². The standard InChI is InChI=1S/C52H103NO4/c1-3-5-7-9-11-13-15-17-19-21-23-24-25-26-27-28-29-31-33-35-37-39-41-43-45-47-51(56)53-49(48-54)52(57)50(55)46-44-42-40-38-36-34-32-30-22-20-18-16-14-12-10-8-6-4-2/h38,40,49-50,52,54-55,57H,3-37,39,41-48H2,1-2H3,(H,53,56)/b40-38+. The topological polar surface area (TPSA) is 89.8 Å². The molecule has 0 aliphatic heterocycles. The van der Waals surface area contributed by atoms with Crippen LogP contribution in [0.2, 0.25) is 0 Å². The molecule has 0 spiro atoms. The van der Waals surface area contributed by atoms with Crippen molar-refractivity contribution in [2.45, 2.75) is 308 Å². The summed E-state index contributed by atoms with van der Waals surface area (Å²) in [6.45, 7) is 4.20. The molecule has 0 radical (unpaired) electrons. The fourth-order valence-corrected chi connectivity index (χ4v) is 8.34. The molecule has 0 rings (SSSR count). The Kier molecular flexibility index (Phi) is 47.0. The maximum Gasteiger partial charge on any atom is 0.220 e. The summed E-state index contributed by atoms with van der Waals surface area (Å²) in [5, 5.41) is 33.7. The van der Waals surface area contributed by atoms with Crippen LogP contribution in [0.4, 0.5) is 0 Å². The number of carbonyl (C=O) groups is 1. The van der Waals surface area contributed by atoms with Crippen LogP contribution >= 0.6 is 0 Å². The van der Waals surface area contributed by atoms with E-state index < -0.39 is 18.2 Å². The zero-order chi connectivity index (χ0) is 41.5. The van der Waals surface area contributed by atoms with Gasteiger partial charge in [-0.05, 0) is 38.5 Å². The molecule has 1 amide bonds. The highest BCUT2D eigenvalue weighted by Gasteiger charge is 2.26. The molecule has 57 heavy (non-hydrogen) atoms. The van der Waals surface area contributed by atoms with Crippen molar-refractivity contribution in [2.24, 2.45) is 0 Å². The fraction of sp³-hybridized carbons (Fsp3) is 0.942. The quantitative estimate of drug-likeness (QED) is 0.0364. The van der Waals surface area contributed by atoms with E-state index in [-0.39, 0.29) is 12.5 Å². The highest BCUT2D eigenvalue weighted by molar-refractivity contribution is 5.76. The van der Waals surface area contributed by atoms with E-state index in [0.717, 1.165) is 38.5 Å². The molecule has 0 saturated heterocycles. The molecule has 5 heteroatoms. The Balaban J connectivity index is 3.55. The maximum absolute atomic E-state index is 12.5. The van der Waals surface area contributed by atoms with Crippen LogP contribution in [0.5, 0.6) is 0 Å². The van der Waals surface area contributed by atoms with Gasteiger partial charge in [-0.25, -0.2) is 0 Å². The Bertz CT molecular complexity index is 803. The Hall–Kier alpha value is -0.910. The Labute approximate surface area is 357 Å². The third-order valence-electron chi connectivity index (χ3n) is 12.4. The van der Waals surface area contributed by atoms with Gasteiger partial charge in [0.25, 0.3) is 0 Å². The van der Waals surface area contributed by atoms with Gasteiger partial charge in [-0.1, -0.05) is 257 Å². The van der Waals surface area contributed by atoms with Crippen LogP contribution in [-0.4, -0.2) is 46.1 Å². The lowest BCUT2D eigenvalue weighted by atomic mass is 10.0. The summed E-state index contributed by atoms with van der Waals surface area (Å²) in [4.78, 5) is 12.5. The van der Waals surface area contributed by atoms with E-state index >= 15 is 0 Å². The minimum atomic E-state index is -1.15. The van der Waals surface area contributed by atoms with E-state index in [2.05, 4.69) is 31.3 Å². The largest absolute Gasteiger partial charge is 0.394 e. The first kappa shape index (κ1) is 56.1. The first-order chi connectivity index (χ1) is 28.1. The first-order valence-electron chi connectivity index (χ1n) is 26.0. The van der Waals surface area contributed by atoms with Gasteiger partial charge in [-0.3, -0.25) is 4.79 Å². The van der Waals surface area contributed by atoms with Gasteiger partial charge in [0.15, 0.2) is 0 Å². The predicted molar refractivity (Wildman–Crippen MR) is 250 cm³/mol. The van der Waals surface area contributed by atoms with Crippen molar-refractivity contribution in [3.8, 4) is 0 Å². The number of allylic oxidation sites excluding steroid dienone is 2. The third-order valence-corrected chi connectivity index (χ3v) is 12.4. The van der Waals surface area contributed by atoms with Crippen molar-refractivity contribution in [1.29, 1.82) is 0 Å². The average Bonchev–Trinajstić information content (AvgIpc) is 3.22. The average molecular weight is 806 g/mol. The number of hydrogen-bond acceptors (Lipinski definition) is 4. The fourth-order valence-electron chi connectivity index (χ4n) is 8.34. The monoisotopic (exact) mass is 806 g/mol. The van der Waals surface area contributed by atoms with Crippen molar-refractivity contribution in [1.82, 2.24) is 5.32 Å². The van der Waals surface area contributed by atoms with Crippen molar-refractivity contribution in [2.75, 3.05) is 6.61 Å². The van der Waals surface area contributed by atoms with Gasteiger partial charge in [-0.2, -0.15) is 0 Å². The van der Waals surface area contributed by atoms with Gasteiger partial charge in [0.05, 0.1) is 18.8 Å². The molecule has 0 aromatic heterocycles. The summed E-state index contributed by atoms with van der Waals surface area (Å²) in [6, 6.07) is -0.821. The number of rotatable bonds is 48. The van der Waals surface area contributed by atoms with Gasteiger partial charge in [0.2, 0.25) is 5.91 Å². The number of amides is 1. The smallest absolute Gasteiger partial charge is 0.220 e. The van der Waals surface area contributed by atoms with E-state index in [1.165, 1.54) is 225 Å². The molecular formula is C52H103NO4. The minimum Gasteiger partial charge on any atom is -0.394 e. The lowest BCUT2D eigenvalue weighted by Gasteiger charge is -2.26. The molecule has 4 N–H and O–H groups in total. The van der Waals surface area contributed by atoms with Crippen molar-refractivity contribution in [3.05, 3.63) is 12.2 Å². The third kappa shape index (κ3) is 43.0. The number of carbonyl (C=O) groups excluding carboxylic acids is 1. The molecule has 0 saturated carbocycles. The normalized spacial score (nSPS) is 13.4. The molecule has 0 heterocycles. The van der Waals surface area contributed by atoms with E-state index in [1.54, 1.807) is 0 Å². The van der Waals surface area contributed by atoms with Gasteiger partial charge in [0.1, 0.15) is 6.10 Å². The summed E-state index contributed by atoms with van der Waals surface area (Å²) >= 11 is 0. The second-order valence-electron chi connectivity index (χ2n) is 18.1. The van der Waals surface area contributed by atoms with E-state index in [1.807, 2.05) is 0 Å². The summed E-state index contributed by atoms with van der Waals surface area (Å²) in [5.74, 6) is -0.148.